The Morgan fingerprint density at radius 1 is 0.765 bits per heavy atom. The minimum absolute atomic E-state index is 0.0885. The molecule has 7 heteroatoms. The fraction of sp³-hybridized carbons (Fsp3) is 0.111. The van der Waals surface area contributed by atoms with E-state index in [1.807, 2.05) is 61.5 Å². The molecule has 0 fully saturated rings. The van der Waals surface area contributed by atoms with Crippen LogP contribution in [0.2, 0.25) is 0 Å². The Bertz CT molecular complexity index is 1340. The first kappa shape index (κ1) is 23.2. The van der Waals surface area contributed by atoms with Crippen molar-refractivity contribution in [2.75, 3.05) is 12.4 Å². The highest BCUT2D eigenvalue weighted by atomic mass is 32.2. The van der Waals surface area contributed by atoms with Crippen molar-refractivity contribution in [3.05, 3.63) is 108 Å². The summed E-state index contributed by atoms with van der Waals surface area (Å²) in [6.45, 7) is 2.40. The fourth-order valence-corrected chi connectivity index (χ4v) is 4.17. The number of anilines is 1. The zero-order valence-electron chi connectivity index (χ0n) is 18.9. The van der Waals surface area contributed by atoms with E-state index in [0.717, 1.165) is 28.3 Å². The summed E-state index contributed by atoms with van der Waals surface area (Å²) < 4.78 is 41.8. The molecule has 0 radical (unpaired) electrons. The van der Waals surface area contributed by atoms with E-state index in [9.17, 15) is 8.42 Å². The van der Waals surface area contributed by atoms with Gasteiger partial charge in [0.1, 0.15) is 16.4 Å². The van der Waals surface area contributed by atoms with Crippen LogP contribution in [0.3, 0.4) is 0 Å². The van der Waals surface area contributed by atoms with Gasteiger partial charge >= 0.3 is 10.1 Å². The number of hydrogen-bond acceptors (Lipinski definition) is 6. The van der Waals surface area contributed by atoms with Crippen molar-refractivity contribution in [2.45, 2.75) is 18.4 Å². The number of hydrogen-bond donors (Lipinski definition) is 1. The first-order valence-electron chi connectivity index (χ1n) is 10.7. The molecule has 0 amide bonds. The lowest BCUT2D eigenvalue weighted by Gasteiger charge is -2.13. The molecule has 174 valence electrons. The summed E-state index contributed by atoms with van der Waals surface area (Å²) >= 11 is 0. The van der Waals surface area contributed by atoms with Crippen molar-refractivity contribution in [1.29, 1.82) is 0 Å². The van der Waals surface area contributed by atoms with Gasteiger partial charge in [0.25, 0.3) is 0 Å². The molecule has 34 heavy (non-hydrogen) atoms. The summed E-state index contributed by atoms with van der Waals surface area (Å²) in [6, 6.07) is 28.9. The van der Waals surface area contributed by atoms with Gasteiger partial charge in [-0.2, -0.15) is 8.42 Å². The van der Waals surface area contributed by atoms with Gasteiger partial charge in [0.15, 0.2) is 11.5 Å². The average Bonchev–Trinajstić information content (AvgIpc) is 2.85. The van der Waals surface area contributed by atoms with Gasteiger partial charge in [-0.1, -0.05) is 42.0 Å². The zero-order chi connectivity index (χ0) is 24.0. The fourth-order valence-electron chi connectivity index (χ4n) is 3.23. The lowest BCUT2D eigenvalue weighted by atomic mass is 10.2. The third-order valence-corrected chi connectivity index (χ3v) is 6.32. The van der Waals surface area contributed by atoms with E-state index in [0.29, 0.717) is 12.3 Å². The molecule has 1 N–H and O–H groups in total. The van der Waals surface area contributed by atoms with E-state index in [1.165, 1.54) is 19.2 Å². The maximum atomic E-state index is 12.6. The Morgan fingerprint density at radius 3 is 2.12 bits per heavy atom. The molecule has 0 aliphatic carbocycles. The van der Waals surface area contributed by atoms with Gasteiger partial charge in [0.2, 0.25) is 0 Å². The van der Waals surface area contributed by atoms with Crippen LogP contribution in [0.25, 0.3) is 0 Å². The normalized spacial score (nSPS) is 11.0. The topological polar surface area (TPSA) is 73.9 Å². The second kappa shape index (κ2) is 10.3. The van der Waals surface area contributed by atoms with Gasteiger partial charge in [-0.05, 0) is 73.2 Å². The van der Waals surface area contributed by atoms with Crippen molar-refractivity contribution in [3.63, 3.8) is 0 Å². The van der Waals surface area contributed by atoms with Gasteiger partial charge < -0.3 is 19.0 Å². The number of ether oxygens (including phenoxy) is 2. The van der Waals surface area contributed by atoms with E-state index in [1.54, 1.807) is 30.3 Å². The van der Waals surface area contributed by atoms with Crippen molar-refractivity contribution < 1.29 is 22.1 Å². The lowest BCUT2D eigenvalue weighted by molar-refractivity contribution is 0.390. The number of nitrogens with one attached hydrogen (secondary N) is 1. The number of aryl methyl sites for hydroxylation is 1. The molecule has 4 aromatic carbocycles. The van der Waals surface area contributed by atoms with Crippen molar-refractivity contribution in [3.8, 4) is 23.0 Å². The molecule has 0 atom stereocenters. The van der Waals surface area contributed by atoms with Crippen molar-refractivity contribution >= 4 is 15.8 Å². The van der Waals surface area contributed by atoms with Gasteiger partial charge in [-0.25, -0.2) is 0 Å². The third kappa shape index (κ3) is 5.88. The highest BCUT2D eigenvalue weighted by molar-refractivity contribution is 7.87. The number of methoxy groups -OCH3 is 1. The van der Waals surface area contributed by atoms with Gasteiger partial charge in [0.05, 0.1) is 7.11 Å². The maximum absolute atomic E-state index is 12.6. The Morgan fingerprint density at radius 2 is 1.44 bits per heavy atom. The van der Waals surface area contributed by atoms with Crippen LogP contribution >= 0.6 is 0 Å². The maximum Gasteiger partial charge on any atom is 0.339 e. The van der Waals surface area contributed by atoms with E-state index < -0.39 is 10.1 Å². The molecule has 0 aliphatic rings. The number of para-hydroxylation sites is 1. The summed E-state index contributed by atoms with van der Waals surface area (Å²) in [7, 11) is -2.49. The van der Waals surface area contributed by atoms with Crippen LogP contribution in [0.1, 0.15) is 11.1 Å². The molecule has 0 heterocycles. The molecule has 0 aliphatic heterocycles. The van der Waals surface area contributed by atoms with E-state index in [2.05, 4.69) is 5.32 Å². The van der Waals surface area contributed by atoms with Crippen LogP contribution in [0.15, 0.2) is 102 Å². The first-order chi connectivity index (χ1) is 16.4. The Hall–Kier alpha value is -3.97. The smallest absolute Gasteiger partial charge is 0.339 e. The molecule has 4 rings (SSSR count). The molecular weight excluding hydrogens is 450 g/mol. The summed E-state index contributed by atoms with van der Waals surface area (Å²) in [5.74, 6) is 1.99. The zero-order valence-corrected chi connectivity index (χ0v) is 19.7. The molecule has 0 unspecified atom stereocenters. The average molecular weight is 476 g/mol. The molecule has 4 aromatic rings. The molecule has 0 aromatic heterocycles. The monoisotopic (exact) mass is 475 g/mol. The highest BCUT2D eigenvalue weighted by Crippen LogP contribution is 2.31. The molecule has 0 spiro atoms. The second-order valence-electron chi connectivity index (χ2n) is 7.63. The first-order valence-corrected chi connectivity index (χ1v) is 12.1. The minimum Gasteiger partial charge on any atom is -0.493 e. The quantitative estimate of drug-likeness (QED) is 0.292. The van der Waals surface area contributed by atoms with E-state index in [4.69, 9.17) is 13.7 Å². The second-order valence-corrected chi connectivity index (χ2v) is 9.18. The molecule has 0 bridgehead atoms. The summed E-state index contributed by atoms with van der Waals surface area (Å²) in [5, 5.41) is 3.33. The van der Waals surface area contributed by atoms with Crippen molar-refractivity contribution in [2.24, 2.45) is 0 Å². The highest BCUT2D eigenvalue weighted by Gasteiger charge is 2.19. The predicted octanol–water partition coefficient (Wildman–Crippen LogP) is 6.18. The van der Waals surface area contributed by atoms with Crippen LogP contribution < -0.4 is 19.0 Å². The Balaban J connectivity index is 1.40. The van der Waals surface area contributed by atoms with Crippen LogP contribution in [0, 0.1) is 6.92 Å². The molecule has 0 saturated carbocycles. The van der Waals surface area contributed by atoms with Crippen molar-refractivity contribution in [1.82, 2.24) is 0 Å². The summed E-state index contributed by atoms with van der Waals surface area (Å²) in [4.78, 5) is 0.0885. The third-order valence-electron chi connectivity index (χ3n) is 5.07. The Kier molecular flexibility index (Phi) is 7.04. The van der Waals surface area contributed by atoms with Crippen LogP contribution in [-0.2, 0) is 16.7 Å². The lowest BCUT2D eigenvalue weighted by Crippen LogP contribution is -2.10. The predicted molar refractivity (Wildman–Crippen MR) is 132 cm³/mol. The standard InChI is InChI=1S/C27H25NO5S/c1-20-8-15-25(16-9-20)34(29,30)33-26-17-10-21(18-27(26)31-2)19-28-22-11-13-24(14-12-22)32-23-6-4-3-5-7-23/h3-18,28H,19H2,1-2H3. The SMILES string of the molecule is COc1cc(CNc2ccc(Oc3ccccc3)cc2)ccc1OS(=O)(=O)c1ccc(C)cc1. The Labute approximate surface area is 199 Å². The summed E-state index contributed by atoms with van der Waals surface area (Å²) in [5.41, 5.74) is 2.79. The van der Waals surface area contributed by atoms with E-state index in [-0.39, 0.29) is 10.6 Å². The molecule has 0 saturated heterocycles. The molecule has 6 nitrogen and oxygen atoms in total. The minimum atomic E-state index is -3.97. The largest absolute Gasteiger partial charge is 0.493 e. The summed E-state index contributed by atoms with van der Waals surface area (Å²) in [6.07, 6.45) is 0. The van der Waals surface area contributed by atoms with Crippen LogP contribution in [0.4, 0.5) is 5.69 Å². The molecular formula is C27H25NO5S. The van der Waals surface area contributed by atoms with E-state index >= 15 is 0 Å². The van der Waals surface area contributed by atoms with Gasteiger partial charge in [-0.15, -0.1) is 0 Å². The van der Waals surface area contributed by atoms with Crippen LogP contribution in [0.5, 0.6) is 23.0 Å². The van der Waals surface area contributed by atoms with Crippen LogP contribution in [-0.4, -0.2) is 15.5 Å². The van der Waals surface area contributed by atoms with Gasteiger partial charge in [0, 0.05) is 12.2 Å². The van der Waals surface area contributed by atoms with Gasteiger partial charge in [-0.3, -0.25) is 0 Å². The number of rotatable bonds is 9. The number of benzene rings is 4.